The largest absolute Gasteiger partial charge is 0.495 e. The molecule has 0 unspecified atom stereocenters. The third-order valence-corrected chi connectivity index (χ3v) is 8.87. The minimum atomic E-state index is -3.99. The number of hydrogen-bond donors (Lipinski definition) is 0. The highest BCUT2D eigenvalue weighted by Gasteiger charge is 2.37. The van der Waals surface area contributed by atoms with E-state index in [-0.39, 0.29) is 23.1 Å². The predicted octanol–water partition coefficient (Wildman–Crippen LogP) is 3.20. The highest BCUT2D eigenvalue weighted by Crippen LogP contribution is 2.31. The molecule has 2 fully saturated rings. The lowest BCUT2D eigenvalue weighted by Crippen LogP contribution is -2.53. The molecule has 1 amide bonds. The van der Waals surface area contributed by atoms with E-state index < -0.39 is 21.8 Å². The average molecular weight is 490 g/mol. The Labute approximate surface area is 201 Å². The second kappa shape index (κ2) is 9.92. The van der Waals surface area contributed by atoms with Crippen LogP contribution in [-0.4, -0.2) is 69.9 Å². The normalized spacial score (nSPS) is 19.8. The zero-order chi connectivity index (χ0) is 24.5. The number of hydrogen-bond acceptors (Lipinski definition) is 5. The number of benzene rings is 2. The van der Waals surface area contributed by atoms with Crippen LogP contribution >= 0.6 is 0 Å². The molecule has 0 bridgehead atoms. The summed E-state index contributed by atoms with van der Waals surface area (Å²) in [4.78, 5) is 17.3. The second-order valence-electron chi connectivity index (χ2n) is 9.03. The van der Waals surface area contributed by atoms with Gasteiger partial charge in [-0.2, -0.15) is 4.31 Å². The fourth-order valence-corrected chi connectivity index (χ4v) is 6.55. The maximum absolute atomic E-state index is 13.8. The van der Waals surface area contributed by atoms with E-state index >= 15 is 0 Å². The quantitative estimate of drug-likeness (QED) is 0.645. The van der Waals surface area contributed by atoms with Crippen LogP contribution in [0.4, 0.5) is 10.1 Å². The average Bonchev–Trinajstić information content (AvgIpc) is 2.85. The Morgan fingerprint density at radius 2 is 1.79 bits per heavy atom. The van der Waals surface area contributed by atoms with Crippen molar-refractivity contribution < 1.29 is 22.3 Å². The van der Waals surface area contributed by atoms with Crippen LogP contribution in [-0.2, 0) is 14.8 Å². The molecule has 2 aromatic rings. The first-order chi connectivity index (χ1) is 16.2. The van der Waals surface area contributed by atoms with Gasteiger partial charge in [0.15, 0.2) is 0 Å². The summed E-state index contributed by atoms with van der Waals surface area (Å²) in [5.74, 6) is -0.967. The van der Waals surface area contributed by atoms with Crippen LogP contribution in [0, 0.1) is 25.6 Å². The van der Waals surface area contributed by atoms with Crippen LogP contribution in [0.1, 0.15) is 24.0 Å². The van der Waals surface area contributed by atoms with Crippen molar-refractivity contribution in [2.24, 2.45) is 5.92 Å². The Morgan fingerprint density at radius 1 is 1.06 bits per heavy atom. The molecular weight excluding hydrogens is 457 g/mol. The van der Waals surface area contributed by atoms with Crippen LogP contribution in [0.5, 0.6) is 5.75 Å². The number of aryl methyl sites for hydroxylation is 1. The maximum Gasteiger partial charge on any atom is 0.246 e. The Kier molecular flexibility index (Phi) is 7.14. The maximum atomic E-state index is 13.8. The van der Waals surface area contributed by atoms with E-state index in [4.69, 9.17) is 4.74 Å². The lowest BCUT2D eigenvalue weighted by Gasteiger charge is -2.40. The van der Waals surface area contributed by atoms with E-state index in [1.807, 2.05) is 4.90 Å². The summed E-state index contributed by atoms with van der Waals surface area (Å²) in [6.45, 7) is 7.30. The lowest BCUT2D eigenvalue weighted by atomic mass is 9.97. The molecule has 0 aromatic heterocycles. The second-order valence-corrected chi connectivity index (χ2v) is 10.9. The smallest absolute Gasteiger partial charge is 0.246 e. The van der Waals surface area contributed by atoms with Crippen molar-refractivity contribution >= 4 is 21.6 Å². The van der Waals surface area contributed by atoms with Gasteiger partial charge in [0.1, 0.15) is 16.5 Å². The van der Waals surface area contributed by atoms with E-state index in [0.29, 0.717) is 32.5 Å². The molecule has 0 N–H and O–H groups in total. The molecule has 0 aliphatic carbocycles. The SMILES string of the molecule is COc1ccc(F)cc1S(=O)(=O)N1CCC[C@@H](C(=O)N2CCN(c3cccc(C)c3C)CC2)C1. The van der Waals surface area contributed by atoms with E-state index in [2.05, 4.69) is 36.9 Å². The lowest BCUT2D eigenvalue weighted by molar-refractivity contribution is -0.137. The van der Waals surface area contributed by atoms with Crippen molar-refractivity contribution in [3.8, 4) is 5.75 Å². The van der Waals surface area contributed by atoms with Gasteiger partial charge in [0.2, 0.25) is 15.9 Å². The van der Waals surface area contributed by atoms with Gasteiger partial charge >= 0.3 is 0 Å². The number of sulfonamides is 1. The van der Waals surface area contributed by atoms with E-state index in [9.17, 15) is 17.6 Å². The van der Waals surface area contributed by atoms with Crippen LogP contribution in [0.15, 0.2) is 41.3 Å². The van der Waals surface area contributed by atoms with Crippen molar-refractivity contribution in [2.75, 3.05) is 51.3 Å². The van der Waals surface area contributed by atoms with Gasteiger partial charge in [-0.05, 0) is 62.1 Å². The number of nitrogens with zero attached hydrogens (tertiary/aromatic N) is 3. The Hall–Kier alpha value is -2.65. The molecule has 0 saturated carbocycles. The molecule has 184 valence electrons. The number of carbonyl (C=O) groups is 1. The Balaban J connectivity index is 1.43. The third-order valence-electron chi connectivity index (χ3n) is 6.98. The van der Waals surface area contributed by atoms with Crippen molar-refractivity contribution in [1.29, 1.82) is 0 Å². The summed E-state index contributed by atoms with van der Waals surface area (Å²) in [5, 5.41) is 0. The fraction of sp³-hybridized carbons (Fsp3) is 0.480. The summed E-state index contributed by atoms with van der Waals surface area (Å²) in [6, 6.07) is 9.72. The zero-order valence-corrected chi connectivity index (χ0v) is 20.8. The monoisotopic (exact) mass is 489 g/mol. The van der Waals surface area contributed by atoms with Gasteiger partial charge in [0.05, 0.1) is 13.0 Å². The highest BCUT2D eigenvalue weighted by atomic mass is 32.2. The molecule has 2 aliphatic rings. The first-order valence-electron chi connectivity index (χ1n) is 11.7. The molecule has 0 radical (unpaired) electrons. The molecular formula is C25H32FN3O4S. The minimum Gasteiger partial charge on any atom is -0.495 e. The first kappa shape index (κ1) is 24.5. The van der Waals surface area contributed by atoms with Crippen molar-refractivity contribution in [3.63, 3.8) is 0 Å². The van der Waals surface area contributed by atoms with Crippen LogP contribution in [0.3, 0.4) is 0 Å². The number of rotatable bonds is 5. The van der Waals surface area contributed by atoms with Crippen molar-refractivity contribution in [2.45, 2.75) is 31.6 Å². The molecule has 1 atom stereocenters. The summed E-state index contributed by atoms with van der Waals surface area (Å²) < 4.78 is 46.8. The number of amides is 1. The summed E-state index contributed by atoms with van der Waals surface area (Å²) in [7, 11) is -2.63. The number of halogens is 1. The Morgan fingerprint density at radius 3 is 2.50 bits per heavy atom. The number of piperazine rings is 1. The van der Waals surface area contributed by atoms with Gasteiger partial charge in [-0.1, -0.05) is 12.1 Å². The Bertz CT molecular complexity index is 1160. The summed E-state index contributed by atoms with van der Waals surface area (Å²) in [5.41, 5.74) is 3.70. The van der Waals surface area contributed by atoms with Gasteiger partial charge in [-0.15, -0.1) is 0 Å². The predicted molar refractivity (Wildman–Crippen MR) is 129 cm³/mol. The van der Waals surface area contributed by atoms with Gasteiger partial charge in [-0.3, -0.25) is 4.79 Å². The fourth-order valence-electron chi connectivity index (χ4n) is 4.86. The van der Waals surface area contributed by atoms with Gasteiger partial charge in [0.25, 0.3) is 0 Å². The van der Waals surface area contributed by atoms with Gasteiger partial charge in [-0.25, -0.2) is 12.8 Å². The van der Waals surface area contributed by atoms with Crippen LogP contribution < -0.4 is 9.64 Å². The number of carbonyl (C=O) groups excluding carboxylic acids is 1. The van der Waals surface area contributed by atoms with E-state index in [1.54, 1.807) is 0 Å². The number of anilines is 1. The third kappa shape index (κ3) is 4.77. The molecule has 4 rings (SSSR count). The molecule has 7 nitrogen and oxygen atoms in total. The zero-order valence-electron chi connectivity index (χ0n) is 20.0. The molecule has 2 saturated heterocycles. The number of methoxy groups -OCH3 is 1. The molecule has 34 heavy (non-hydrogen) atoms. The molecule has 2 heterocycles. The van der Waals surface area contributed by atoms with Gasteiger partial charge in [0, 0.05) is 45.0 Å². The molecule has 2 aromatic carbocycles. The number of piperidine rings is 1. The van der Waals surface area contributed by atoms with E-state index in [0.717, 1.165) is 25.2 Å². The minimum absolute atomic E-state index is 0.00767. The van der Waals surface area contributed by atoms with Crippen LogP contribution in [0.2, 0.25) is 0 Å². The molecule has 9 heteroatoms. The highest BCUT2D eigenvalue weighted by molar-refractivity contribution is 7.89. The molecule has 2 aliphatic heterocycles. The van der Waals surface area contributed by atoms with Crippen molar-refractivity contribution in [3.05, 3.63) is 53.3 Å². The van der Waals surface area contributed by atoms with Gasteiger partial charge < -0.3 is 14.5 Å². The van der Waals surface area contributed by atoms with Crippen molar-refractivity contribution in [1.82, 2.24) is 9.21 Å². The summed E-state index contributed by atoms with van der Waals surface area (Å²) >= 11 is 0. The topological polar surface area (TPSA) is 70.2 Å². The molecule has 0 spiro atoms. The summed E-state index contributed by atoms with van der Waals surface area (Å²) in [6.07, 6.45) is 1.22. The number of ether oxygens (including phenoxy) is 1. The first-order valence-corrected chi connectivity index (χ1v) is 13.1. The van der Waals surface area contributed by atoms with Crippen LogP contribution in [0.25, 0.3) is 0 Å². The van der Waals surface area contributed by atoms with E-state index in [1.165, 1.54) is 34.3 Å². The standard InChI is InChI=1S/C25H32FN3O4S/c1-18-6-4-8-22(19(18)2)27-12-14-28(15-13-27)25(30)20-7-5-11-29(17-20)34(31,32)24-16-21(26)9-10-23(24)33-3/h4,6,8-10,16,20H,5,7,11-15,17H2,1-3H3/t20-/m1/s1.